The van der Waals surface area contributed by atoms with Crippen molar-refractivity contribution in [3.63, 3.8) is 0 Å². The summed E-state index contributed by atoms with van der Waals surface area (Å²) in [5, 5.41) is 42.0. The Labute approximate surface area is 166 Å². The molecule has 4 atom stereocenters. The van der Waals surface area contributed by atoms with E-state index in [1.54, 1.807) is 0 Å². The number of aromatic nitrogens is 4. The molecule has 0 bridgehead atoms. The topological polar surface area (TPSA) is 212 Å². The summed E-state index contributed by atoms with van der Waals surface area (Å²) < 4.78 is 22.1. The quantitative estimate of drug-likeness (QED) is 0.191. The number of rotatable bonds is 5. The van der Waals surface area contributed by atoms with E-state index >= 15 is 0 Å². The first-order chi connectivity index (χ1) is 14.0. The summed E-state index contributed by atoms with van der Waals surface area (Å²) >= 11 is 0. The summed E-state index contributed by atoms with van der Waals surface area (Å²) in [6, 6.07) is 1.39. The summed E-state index contributed by atoms with van der Waals surface area (Å²) in [6.45, 7) is 0.578. The van der Waals surface area contributed by atoms with E-state index in [1.165, 1.54) is 25.4 Å². The standard InChI is InChI=1S/C15H18N5O9P/c1-15(23)12(21)10(5-28-30(25,26)27)29-14(15)20-4-7-8(19-24)2-6-11(7)9(18-20)3-16-17-13(6)22/h2-4,10,12,14,19,21,23-24H,5H2,1H3,(H,17,22)(H2,25,26,27)/t10-,12-,14-,15-/m1/s1. The van der Waals surface area contributed by atoms with Crippen LogP contribution in [0.1, 0.15) is 13.2 Å². The minimum Gasteiger partial charge on any atom is -0.387 e. The molecule has 0 unspecified atom stereocenters. The highest BCUT2D eigenvalue weighted by Gasteiger charge is 2.53. The molecule has 0 aliphatic carbocycles. The number of hydrogen-bond donors (Lipinski definition) is 7. The van der Waals surface area contributed by atoms with E-state index in [0.717, 1.165) is 4.68 Å². The van der Waals surface area contributed by atoms with Gasteiger partial charge in [0, 0.05) is 17.0 Å². The highest BCUT2D eigenvalue weighted by Crippen LogP contribution is 2.42. The van der Waals surface area contributed by atoms with Crippen LogP contribution in [-0.4, -0.2) is 69.6 Å². The number of aromatic amines is 1. The Morgan fingerprint density at radius 2 is 2.17 bits per heavy atom. The number of ether oxygens (including phenoxy) is 1. The average molecular weight is 443 g/mol. The largest absolute Gasteiger partial charge is 0.469 e. The molecule has 162 valence electrons. The van der Waals surface area contributed by atoms with E-state index in [1.807, 2.05) is 5.48 Å². The van der Waals surface area contributed by atoms with Crippen molar-refractivity contribution < 1.29 is 39.0 Å². The predicted molar refractivity (Wildman–Crippen MR) is 99.6 cm³/mol. The number of aliphatic hydroxyl groups excluding tert-OH is 1. The van der Waals surface area contributed by atoms with E-state index in [2.05, 4.69) is 19.8 Å². The third-order valence-electron chi connectivity index (χ3n) is 4.98. The van der Waals surface area contributed by atoms with Gasteiger partial charge in [-0.25, -0.2) is 14.3 Å². The van der Waals surface area contributed by atoms with Gasteiger partial charge in [0.25, 0.3) is 5.56 Å². The van der Waals surface area contributed by atoms with Crippen molar-refractivity contribution in [2.45, 2.75) is 31.0 Å². The van der Waals surface area contributed by atoms with Gasteiger partial charge < -0.3 is 24.7 Å². The number of H-pyrrole nitrogens is 1. The number of phosphoric ester groups is 1. The van der Waals surface area contributed by atoms with Crippen LogP contribution in [0.3, 0.4) is 0 Å². The zero-order valence-corrected chi connectivity index (χ0v) is 16.2. The van der Waals surface area contributed by atoms with Gasteiger partial charge in [0.05, 0.1) is 23.9 Å². The molecule has 1 fully saturated rings. The minimum atomic E-state index is -4.82. The van der Waals surface area contributed by atoms with E-state index in [9.17, 15) is 24.8 Å². The van der Waals surface area contributed by atoms with Gasteiger partial charge in [0.15, 0.2) is 6.23 Å². The second kappa shape index (κ2) is 7.08. The highest BCUT2D eigenvalue weighted by atomic mass is 31.2. The maximum absolute atomic E-state index is 12.2. The fraction of sp³-hybridized carbons (Fsp3) is 0.400. The van der Waals surface area contributed by atoms with Crippen LogP contribution in [0.2, 0.25) is 0 Å². The first-order valence-corrected chi connectivity index (χ1v) is 10.1. The van der Waals surface area contributed by atoms with Gasteiger partial charge in [-0.1, -0.05) is 0 Å². The molecule has 1 aliphatic heterocycles. The van der Waals surface area contributed by atoms with Gasteiger partial charge in [-0.15, -0.1) is 0 Å². The summed E-state index contributed by atoms with van der Waals surface area (Å²) in [5.74, 6) is 0. The van der Waals surface area contributed by atoms with Crippen molar-refractivity contribution in [1.29, 1.82) is 0 Å². The van der Waals surface area contributed by atoms with Gasteiger partial charge in [-0.05, 0) is 13.0 Å². The Bertz CT molecular complexity index is 1220. The molecule has 0 spiro atoms. The molecule has 15 heteroatoms. The fourth-order valence-electron chi connectivity index (χ4n) is 3.55. The molecule has 14 nitrogen and oxygen atoms in total. The summed E-state index contributed by atoms with van der Waals surface area (Å²) in [7, 11) is -4.82. The monoisotopic (exact) mass is 443 g/mol. The fourth-order valence-corrected chi connectivity index (χ4v) is 3.89. The van der Waals surface area contributed by atoms with Crippen LogP contribution in [0.25, 0.3) is 21.7 Å². The Morgan fingerprint density at radius 3 is 2.83 bits per heavy atom. The Morgan fingerprint density at radius 1 is 1.43 bits per heavy atom. The van der Waals surface area contributed by atoms with Crippen molar-refractivity contribution in [1.82, 2.24) is 20.0 Å². The van der Waals surface area contributed by atoms with Crippen LogP contribution in [0.15, 0.2) is 23.3 Å². The number of nitrogens with one attached hydrogen (secondary N) is 2. The van der Waals surface area contributed by atoms with E-state index in [4.69, 9.17) is 14.5 Å². The van der Waals surface area contributed by atoms with Crippen LogP contribution in [0.5, 0.6) is 0 Å². The van der Waals surface area contributed by atoms with Crippen LogP contribution < -0.4 is 11.0 Å². The van der Waals surface area contributed by atoms with E-state index in [-0.39, 0.29) is 16.6 Å². The van der Waals surface area contributed by atoms with Gasteiger partial charge in [-0.3, -0.25) is 20.0 Å². The first-order valence-electron chi connectivity index (χ1n) is 8.58. The Balaban J connectivity index is 1.82. The number of nitrogens with zero attached hydrogens (tertiary/aromatic N) is 3. The highest BCUT2D eigenvalue weighted by molar-refractivity contribution is 7.46. The molecule has 0 radical (unpaired) electrons. The third-order valence-corrected chi connectivity index (χ3v) is 5.46. The molecule has 1 aliphatic rings. The maximum atomic E-state index is 12.2. The maximum Gasteiger partial charge on any atom is 0.469 e. The zero-order chi connectivity index (χ0) is 21.8. The third kappa shape index (κ3) is 3.38. The molecule has 3 aromatic rings. The van der Waals surface area contributed by atoms with Crippen molar-refractivity contribution in [2.75, 3.05) is 12.1 Å². The van der Waals surface area contributed by atoms with Crippen LogP contribution in [0.4, 0.5) is 5.69 Å². The van der Waals surface area contributed by atoms with Gasteiger partial charge in [0.1, 0.15) is 23.3 Å². The van der Waals surface area contributed by atoms with Crippen LogP contribution in [-0.2, 0) is 13.8 Å². The minimum absolute atomic E-state index is 0.183. The lowest BCUT2D eigenvalue weighted by Gasteiger charge is -2.27. The van der Waals surface area contributed by atoms with Crippen LogP contribution >= 0.6 is 7.82 Å². The van der Waals surface area contributed by atoms with E-state index in [0.29, 0.717) is 10.8 Å². The number of phosphoric acid groups is 1. The molecule has 0 amide bonds. The molecule has 1 saturated heterocycles. The Hall–Kier alpha value is -2.42. The predicted octanol–water partition coefficient (Wildman–Crippen LogP) is -0.808. The average Bonchev–Trinajstić information content (AvgIpc) is 3.08. The zero-order valence-electron chi connectivity index (χ0n) is 15.3. The summed E-state index contributed by atoms with van der Waals surface area (Å²) in [6.07, 6.45) is -1.50. The number of aliphatic hydroxyl groups is 2. The number of hydrogen-bond acceptors (Lipinski definition) is 10. The summed E-state index contributed by atoms with van der Waals surface area (Å²) in [5.41, 5.74) is -0.0549. The normalized spacial score (nSPS) is 27.2. The lowest BCUT2D eigenvalue weighted by molar-refractivity contribution is -0.102. The van der Waals surface area contributed by atoms with Crippen LogP contribution in [0, 0.1) is 0 Å². The lowest BCUT2D eigenvalue weighted by Crippen LogP contribution is -2.44. The molecule has 4 rings (SSSR count). The smallest absolute Gasteiger partial charge is 0.387 e. The molecule has 2 aromatic heterocycles. The van der Waals surface area contributed by atoms with Gasteiger partial charge in [0.2, 0.25) is 0 Å². The second-order valence-electron chi connectivity index (χ2n) is 7.05. The van der Waals surface area contributed by atoms with E-state index < -0.39 is 44.0 Å². The molecule has 30 heavy (non-hydrogen) atoms. The van der Waals surface area contributed by atoms with Crippen molar-refractivity contribution in [2.24, 2.45) is 0 Å². The van der Waals surface area contributed by atoms with Crippen molar-refractivity contribution in [3.8, 4) is 0 Å². The Kier molecular flexibility index (Phi) is 4.91. The van der Waals surface area contributed by atoms with Gasteiger partial charge >= 0.3 is 7.82 Å². The number of anilines is 1. The molecule has 1 aromatic carbocycles. The second-order valence-corrected chi connectivity index (χ2v) is 8.29. The molecule has 3 heterocycles. The molecule has 7 N–H and O–H groups in total. The molecule has 0 saturated carbocycles. The SMILES string of the molecule is C[C@@]1(O)[C@H](O)[C@@H](COP(=O)(O)O)O[C@H]1n1cc2c(NO)cc3c(=O)[nH]ncc(n1)c23. The van der Waals surface area contributed by atoms with Crippen molar-refractivity contribution >= 4 is 35.2 Å². The van der Waals surface area contributed by atoms with Gasteiger partial charge in [-0.2, -0.15) is 10.2 Å². The molecular formula is C15H18N5O9P. The summed E-state index contributed by atoms with van der Waals surface area (Å²) in [4.78, 5) is 29.9. The molecular weight excluding hydrogens is 425 g/mol. The van der Waals surface area contributed by atoms with Crippen molar-refractivity contribution in [3.05, 3.63) is 28.8 Å². The first kappa shape index (κ1) is 20.8. The lowest BCUT2D eigenvalue weighted by atomic mass is 9.97.